The Hall–Kier alpha value is -2.49. The van der Waals surface area contributed by atoms with E-state index in [1.165, 1.54) is 11.3 Å². The second-order valence-electron chi connectivity index (χ2n) is 5.52. The van der Waals surface area contributed by atoms with Crippen LogP contribution in [0.1, 0.15) is 10.4 Å². The van der Waals surface area contributed by atoms with Gasteiger partial charge in [-0.05, 0) is 54.7 Å². The lowest BCUT2D eigenvalue weighted by Gasteiger charge is -2.08. The fraction of sp³-hybridized carbons (Fsp3) is 0.105. The second-order valence-corrected chi connectivity index (χ2v) is 7.70. The number of benzene rings is 2. The number of thiazole rings is 1. The summed E-state index contributed by atoms with van der Waals surface area (Å²) in [4.78, 5) is 16.7. The lowest BCUT2D eigenvalue weighted by molar-refractivity contribution is 0.0977. The van der Waals surface area contributed by atoms with Crippen LogP contribution in [0.25, 0.3) is 11.3 Å². The van der Waals surface area contributed by atoms with Gasteiger partial charge in [0.25, 0.3) is 5.91 Å². The van der Waals surface area contributed by atoms with E-state index in [-0.39, 0.29) is 11.0 Å². The van der Waals surface area contributed by atoms with E-state index in [9.17, 15) is 4.79 Å². The number of rotatable bonds is 5. The number of carbonyl (C=O) groups is 1. The van der Waals surface area contributed by atoms with Crippen molar-refractivity contribution in [2.75, 3.05) is 19.5 Å². The van der Waals surface area contributed by atoms with Crippen molar-refractivity contribution in [3.8, 4) is 22.8 Å². The fourth-order valence-electron chi connectivity index (χ4n) is 2.36. The van der Waals surface area contributed by atoms with Gasteiger partial charge in [-0.15, -0.1) is 11.3 Å². The molecule has 0 saturated carbocycles. The van der Waals surface area contributed by atoms with Crippen molar-refractivity contribution in [2.24, 2.45) is 0 Å². The predicted octanol–water partition coefficient (Wildman–Crippen LogP) is 4.72. The zero-order chi connectivity index (χ0) is 20.1. The fourth-order valence-corrected chi connectivity index (χ4v) is 3.61. The van der Waals surface area contributed by atoms with Crippen molar-refractivity contribution < 1.29 is 14.3 Å². The minimum Gasteiger partial charge on any atom is -0.493 e. The van der Waals surface area contributed by atoms with Crippen molar-refractivity contribution in [1.82, 2.24) is 10.3 Å². The number of halogens is 1. The Morgan fingerprint density at radius 3 is 2.50 bits per heavy atom. The summed E-state index contributed by atoms with van der Waals surface area (Å²) in [6.07, 6.45) is 0. The summed E-state index contributed by atoms with van der Waals surface area (Å²) in [5, 5.41) is 8.23. The largest absolute Gasteiger partial charge is 0.493 e. The number of hydrogen-bond donors (Lipinski definition) is 2. The van der Waals surface area contributed by atoms with Crippen molar-refractivity contribution in [3.05, 3.63) is 57.9 Å². The molecule has 144 valence electrons. The highest BCUT2D eigenvalue weighted by molar-refractivity contribution is 9.10. The standard InChI is InChI=1S/C19H16BrN3O3S2/c1-25-15-8-5-12(9-16(15)26-2)14-10-28-19(21-14)23-18(27)22-17(24)11-3-6-13(20)7-4-11/h3-10H,1-2H3,(H2,21,22,23,24,27). The lowest BCUT2D eigenvalue weighted by atomic mass is 10.1. The summed E-state index contributed by atoms with van der Waals surface area (Å²) in [5.41, 5.74) is 2.15. The van der Waals surface area contributed by atoms with Crippen LogP contribution in [-0.2, 0) is 0 Å². The smallest absolute Gasteiger partial charge is 0.257 e. The summed E-state index contributed by atoms with van der Waals surface area (Å²) in [7, 11) is 3.17. The summed E-state index contributed by atoms with van der Waals surface area (Å²) >= 11 is 9.93. The first-order chi connectivity index (χ1) is 13.5. The molecule has 0 aliphatic heterocycles. The number of amides is 1. The number of nitrogens with zero attached hydrogens (tertiary/aromatic N) is 1. The second kappa shape index (κ2) is 9.13. The van der Waals surface area contributed by atoms with Crippen LogP contribution in [0, 0.1) is 0 Å². The molecule has 0 radical (unpaired) electrons. The van der Waals surface area contributed by atoms with Crippen LogP contribution in [0.5, 0.6) is 11.5 Å². The number of ether oxygens (including phenoxy) is 2. The monoisotopic (exact) mass is 477 g/mol. The highest BCUT2D eigenvalue weighted by atomic mass is 79.9. The Balaban J connectivity index is 1.66. The maximum absolute atomic E-state index is 12.2. The van der Waals surface area contributed by atoms with Gasteiger partial charge in [-0.25, -0.2) is 4.98 Å². The van der Waals surface area contributed by atoms with E-state index in [2.05, 4.69) is 31.5 Å². The van der Waals surface area contributed by atoms with Crippen LogP contribution in [0.2, 0.25) is 0 Å². The van der Waals surface area contributed by atoms with Crippen molar-refractivity contribution in [1.29, 1.82) is 0 Å². The molecule has 2 N–H and O–H groups in total. The average Bonchev–Trinajstić information content (AvgIpc) is 3.16. The van der Waals surface area contributed by atoms with E-state index in [0.717, 1.165) is 15.7 Å². The molecule has 3 aromatic rings. The van der Waals surface area contributed by atoms with Gasteiger partial charge in [-0.2, -0.15) is 0 Å². The van der Waals surface area contributed by atoms with E-state index in [1.54, 1.807) is 38.5 Å². The predicted molar refractivity (Wildman–Crippen MR) is 118 cm³/mol. The van der Waals surface area contributed by atoms with Gasteiger partial charge in [0.1, 0.15) is 0 Å². The Kier molecular flexibility index (Phi) is 6.61. The maximum atomic E-state index is 12.2. The molecule has 2 aromatic carbocycles. The Labute approximate surface area is 180 Å². The molecule has 0 unspecified atom stereocenters. The Bertz CT molecular complexity index is 1010. The molecule has 9 heteroatoms. The molecular formula is C19H16BrN3O3S2. The van der Waals surface area contributed by atoms with Crippen LogP contribution in [0.3, 0.4) is 0 Å². The first kappa shape index (κ1) is 20.2. The molecule has 1 heterocycles. The molecule has 0 atom stereocenters. The molecule has 3 rings (SSSR count). The minimum absolute atomic E-state index is 0.182. The van der Waals surface area contributed by atoms with Crippen LogP contribution in [-0.4, -0.2) is 30.2 Å². The minimum atomic E-state index is -0.290. The zero-order valence-corrected chi connectivity index (χ0v) is 18.2. The summed E-state index contributed by atoms with van der Waals surface area (Å²) in [6, 6.07) is 12.6. The molecule has 1 aromatic heterocycles. The molecule has 0 fully saturated rings. The van der Waals surface area contributed by atoms with Crippen LogP contribution in [0.15, 0.2) is 52.3 Å². The summed E-state index contributed by atoms with van der Waals surface area (Å²) < 4.78 is 11.5. The SMILES string of the molecule is COc1ccc(-c2csc(NC(=S)NC(=O)c3ccc(Br)cc3)n2)cc1OC. The third-order valence-corrected chi connectivity index (χ3v) is 5.23. The third-order valence-electron chi connectivity index (χ3n) is 3.74. The molecule has 0 bridgehead atoms. The molecular weight excluding hydrogens is 462 g/mol. The van der Waals surface area contributed by atoms with Gasteiger partial charge in [0.15, 0.2) is 21.7 Å². The highest BCUT2D eigenvalue weighted by Gasteiger charge is 2.12. The molecule has 0 aliphatic carbocycles. The number of anilines is 1. The Morgan fingerprint density at radius 2 is 1.82 bits per heavy atom. The number of carbonyl (C=O) groups excluding carboxylic acids is 1. The van der Waals surface area contributed by atoms with E-state index in [1.807, 2.05) is 23.6 Å². The van der Waals surface area contributed by atoms with Gasteiger partial charge < -0.3 is 14.8 Å². The first-order valence-corrected chi connectivity index (χ1v) is 10.1. The number of hydrogen-bond acceptors (Lipinski definition) is 6. The van der Waals surface area contributed by atoms with E-state index in [4.69, 9.17) is 21.7 Å². The van der Waals surface area contributed by atoms with Crippen molar-refractivity contribution in [2.45, 2.75) is 0 Å². The summed E-state index contributed by atoms with van der Waals surface area (Å²) in [5.74, 6) is 0.984. The maximum Gasteiger partial charge on any atom is 0.257 e. The van der Waals surface area contributed by atoms with Crippen LogP contribution < -0.4 is 20.1 Å². The van der Waals surface area contributed by atoms with Gasteiger partial charge in [0.05, 0.1) is 19.9 Å². The number of aromatic nitrogens is 1. The number of methoxy groups -OCH3 is 2. The van der Waals surface area contributed by atoms with Crippen LogP contribution >= 0.6 is 39.5 Å². The molecule has 0 spiro atoms. The Morgan fingerprint density at radius 1 is 1.11 bits per heavy atom. The van der Waals surface area contributed by atoms with Gasteiger partial charge in [0.2, 0.25) is 0 Å². The molecule has 6 nitrogen and oxygen atoms in total. The van der Waals surface area contributed by atoms with E-state index in [0.29, 0.717) is 22.2 Å². The molecule has 1 amide bonds. The van der Waals surface area contributed by atoms with Gasteiger partial charge >= 0.3 is 0 Å². The number of nitrogens with one attached hydrogen (secondary N) is 2. The quantitative estimate of drug-likeness (QED) is 0.518. The first-order valence-electron chi connectivity index (χ1n) is 8.06. The highest BCUT2D eigenvalue weighted by Crippen LogP contribution is 2.33. The van der Waals surface area contributed by atoms with Crippen LogP contribution in [0.4, 0.5) is 5.13 Å². The topological polar surface area (TPSA) is 72.5 Å². The van der Waals surface area contributed by atoms with Crippen molar-refractivity contribution >= 4 is 55.6 Å². The normalized spacial score (nSPS) is 10.2. The number of thiocarbonyl (C=S) groups is 1. The summed E-state index contributed by atoms with van der Waals surface area (Å²) in [6.45, 7) is 0. The van der Waals surface area contributed by atoms with Crippen molar-refractivity contribution in [3.63, 3.8) is 0 Å². The average molecular weight is 478 g/mol. The molecule has 28 heavy (non-hydrogen) atoms. The van der Waals surface area contributed by atoms with Gasteiger partial charge in [0, 0.05) is 21.0 Å². The lowest BCUT2D eigenvalue weighted by Crippen LogP contribution is -2.34. The zero-order valence-electron chi connectivity index (χ0n) is 15.0. The van der Waals surface area contributed by atoms with E-state index >= 15 is 0 Å². The molecule has 0 saturated heterocycles. The molecule has 0 aliphatic rings. The van der Waals surface area contributed by atoms with Gasteiger partial charge in [-0.3, -0.25) is 10.1 Å². The third kappa shape index (κ3) is 4.86. The van der Waals surface area contributed by atoms with Gasteiger partial charge in [-0.1, -0.05) is 15.9 Å². The van der Waals surface area contributed by atoms with E-state index < -0.39 is 0 Å².